The molecule has 0 saturated carbocycles. The van der Waals surface area contributed by atoms with Crippen LogP contribution in [0.25, 0.3) is 0 Å². The van der Waals surface area contributed by atoms with Gasteiger partial charge in [-0.25, -0.2) is 4.21 Å². The van der Waals surface area contributed by atoms with E-state index >= 15 is 0 Å². The Kier molecular flexibility index (Phi) is 4.22. The molecule has 0 aliphatic heterocycles. The van der Waals surface area contributed by atoms with Crippen LogP contribution in [-0.4, -0.2) is 9.32 Å². The van der Waals surface area contributed by atoms with Gasteiger partial charge in [0.1, 0.15) is 16.9 Å². The minimum absolute atomic E-state index is 0.292. The van der Waals surface area contributed by atoms with E-state index in [-0.39, 0.29) is 0 Å². The Bertz CT molecular complexity index is 776. The van der Waals surface area contributed by atoms with Crippen LogP contribution < -0.4 is 0 Å². The van der Waals surface area contributed by atoms with Crippen LogP contribution in [0, 0.1) is 6.92 Å². The fraction of sp³-hybridized carbons (Fsp3) is 0.111. The van der Waals surface area contributed by atoms with Crippen molar-refractivity contribution in [1.29, 1.82) is 0 Å². The highest BCUT2D eigenvalue weighted by Crippen LogP contribution is 2.30. The van der Waals surface area contributed by atoms with Gasteiger partial charge in [0.2, 0.25) is 5.09 Å². The first-order valence-electron chi connectivity index (χ1n) is 6.95. The second-order valence-electron chi connectivity index (χ2n) is 5.06. The van der Waals surface area contributed by atoms with Crippen molar-refractivity contribution in [2.45, 2.75) is 23.0 Å². The molecule has 1 N–H and O–H groups in total. The zero-order valence-corrected chi connectivity index (χ0v) is 12.9. The van der Waals surface area contributed by atoms with Gasteiger partial charge in [0.05, 0.1) is 6.26 Å². The van der Waals surface area contributed by atoms with E-state index in [2.05, 4.69) is 0 Å². The monoisotopic (exact) mass is 312 g/mol. The van der Waals surface area contributed by atoms with Crippen molar-refractivity contribution in [1.82, 2.24) is 0 Å². The summed E-state index contributed by atoms with van der Waals surface area (Å²) in [6.45, 7) is 1.98. The average molecular weight is 312 g/mol. The van der Waals surface area contributed by atoms with E-state index in [1.54, 1.807) is 6.07 Å². The Hall–Kier alpha value is -2.17. The molecule has 1 aromatic heterocycles. The van der Waals surface area contributed by atoms with E-state index in [4.69, 9.17) is 4.42 Å². The molecule has 0 amide bonds. The quantitative estimate of drug-likeness (QED) is 0.796. The lowest BCUT2D eigenvalue weighted by Crippen LogP contribution is -2.03. The molecular weight excluding hydrogens is 296 g/mol. The van der Waals surface area contributed by atoms with Crippen molar-refractivity contribution >= 4 is 10.8 Å². The summed E-state index contributed by atoms with van der Waals surface area (Å²) in [5, 5.41) is 10.8. The fourth-order valence-electron chi connectivity index (χ4n) is 2.24. The van der Waals surface area contributed by atoms with Crippen LogP contribution in [0.15, 0.2) is 81.3 Å². The lowest BCUT2D eigenvalue weighted by molar-refractivity contribution is 0.213. The molecule has 0 fully saturated rings. The maximum atomic E-state index is 12.7. The first kappa shape index (κ1) is 14.8. The highest BCUT2D eigenvalue weighted by atomic mass is 32.2. The number of aliphatic hydroxyl groups excluding tert-OH is 1. The molecule has 2 aromatic carbocycles. The van der Waals surface area contributed by atoms with Crippen molar-refractivity contribution in [2.75, 3.05) is 0 Å². The molecule has 3 rings (SSSR count). The molecule has 0 radical (unpaired) electrons. The second kappa shape index (κ2) is 6.30. The van der Waals surface area contributed by atoms with E-state index in [1.807, 2.05) is 61.5 Å². The molecule has 1 heterocycles. The summed E-state index contributed by atoms with van der Waals surface area (Å²) in [6.07, 6.45) is 0.604. The smallest absolute Gasteiger partial charge is 0.201 e. The average Bonchev–Trinajstić information content (AvgIpc) is 3.04. The predicted molar refractivity (Wildman–Crippen MR) is 85.1 cm³/mol. The molecule has 2 atom stereocenters. The number of hydrogen-bond acceptors (Lipinski definition) is 3. The summed E-state index contributed by atoms with van der Waals surface area (Å²) in [5.41, 5.74) is 2.38. The molecule has 0 saturated heterocycles. The van der Waals surface area contributed by atoms with Gasteiger partial charge in [0.15, 0.2) is 0 Å². The number of rotatable bonds is 4. The van der Waals surface area contributed by atoms with Crippen molar-refractivity contribution < 1.29 is 13.7 Å². The molecule has 3 nitrogen and oxygen atoms in total. The molecule has 0 bridgehead atoms. The van der Waals surface area contributed by atoms with Crippen LogP contribution >= 0.6 is 0 Å². The highest BCUT2D eigenvalue weighted by Gasteiger charge is 2.22. The lowest BCUT2D eigenvalue weighted by Gasteiger charge is -2.11. The normalized spacial score (nSPS) is 13.7. The molecule has 4 heteroatoms. The number of hydrogen-bond donors (Lipinski definition) is 1. The zero-order valence-electron chi connectivity index (χ0n) is 12.1. The third-order valence-electron chi connectivity index (χ3n) is 3.47. The van der Waals surface area contributed by atoms with Crippen LogP contribution in [-0.2, 0) is 10.8 Å². The lowest BCUT2D eigenvalue weighted by atomic mass is 10.0. The third-order valence-corrected chi connectivity index (χ3v) is 4.84. The van der Waals surface area contributed by atoms with Gasteiger partial charge in [0.25, 0.3) is 0 Å². The van der Waals surface area contributed by atoms with Crippen LogP contribution in [0.5, 0.6) is 0 Å². The topological polar surface area (TPSA) is 50.4 Å². The number of aliphatic hydroxyl groups is 1. The highest BCUT2D eigenvalue weighted by molar-refractivity contribution is 7.85. The van der Waals surface area contributed by atoms with E-state index < -0.39 is 16.9 Å². The first-order chi connectivity index (χ1) is 10.7. The maximum Gasteiger partial charge on any atom is 0.201 e. The SMILES string of the molecule is Cc1ccc([S@](=O)c2occc2[C@@H](O)c2ccccc2)cc1. The molecule has 3 aromatic rings. The van der Waals surface area contributed by atoms with Gasteiger partial charge < -0.3 is 9.52 Å². The van der Waals surface area contributed by atoms with Crippen molar-refractivity contribution in [3.05, 3.63) is 83.6 Å². The minimum atomic E-state index is -1.46. The van der Waals surface area contributed by atoms with Crippen molar-refractivity contribution in [3.8, 4) is 0 Å². The van der Waals surface area contributed by atoms with E-state index in [1.165, 1.54) is 6.26 Å². The molecule has 22 heavy (non-hydrogen) atoms. The van der Waals surface area contributed by atoms with Gasteiger partial charge in [-0.3, -0.25) is 0 Å². The second-order valence-corrected chi connectivity index (χ2v) is 6.44. The summed E-state index contributed by atoms with van der Waals surface area (Å²) >= 11 is 0. The van der Waals surface area contributed by atoms with Gasteiger partial charge in [-0.15, -0.1) is 0 Å². The molecule has 0 unspecified atom stereocenters. The molecule has 0 spiro atoms. The molecule has 0 aliphatic rings. The molecular formula is C18H16O3S. The third kappa shape index (κ3) is 2.89. The Morgan fingerprint density at radius 3 is 2.36 bits per heavy atom. The Labute approximate surface area is 131 Å². The Morgan fingerprint density at radius 1 is 1.00 bits per heavy atom. The van der Waals surface area contributed by atoms with Gasteiger partial charge in [-0.1, -0.05) is 48.0 Å². The van der Waals surface area contributed by atoms with Crippen molar-refractivity contribution in [3.63, 3.8) is 0 Å². The summed E-state index contributed by atoms with van der Waals surface area (Å²) in [7, 11) is -1.46. The summed E-state index contributed by atoms with van der Waals surface area (Å²) in [4.78, 5) is 0.655. The molecule has 112 valence electrons. The van der Waals surface area contributed by atoms with E-state index in [0.29, 0.717) is 15.6 Å². The summed E-state index contributed by atoms with van der Waals surface area (Å²) in [5.74, 6) is 0. The standard InChI is InChI=1S/C18H16O3S/c1-13-7-9-15(10-8-13)22(20)18-16(11-12-21-18)17(19)14-5-3-2-4-6-14/h2-12,17,19H,1H3/t17-,22-/m0/s1. The predicted octanol–water partition coefficient (Wildman–Crippen LogP) is 3.84. The summed E-state index contributed by atoms with van der Waals surface area (Å²) < 4.78 is 18.1. The van der Waals surface area contributed by atoms with Crippen LogP contribution in [0.4, 0.5) is 0 Å². The Morgan fingerprint density at radius 2 is 1.68 bits per heavy atom. The molecule has 0 aliphatic carbocycles. The van der Waals surface area contributed by atoms with E-state index in [0.717, 1.165) is 11.1 Å². The first-order valence-corrected chi connectivity index (χ1v) is 8.10. The van der Waals surface area contributed by atoms with Gasteiger partial charge in [-0.05, 0) is 30.7 Å². The van der Waals surface area contributed by atoms with Crippen LogP contribution in [0.2, 0.25) is 0 Å². The van der Waals surface area contributed by atoms with Crippen LogP contribution in [0.1, 0.15) is 22.8 Å². The fourth-order valence-corrected chi connectivity index (χ4v) is 3.38. The van der Waals surface area contributed by atoms with E-state index in [9.17, 15) is 9.32 Å². The van der Waals surface area contributed by atoms with Gasteiger partial charge in [-0.2, -0.15) is 0 Å². The number of furan rings is 1. The minimum Gasteiger partial charge on any atom is -0.455 e. The largest absolute Gasteiger partial charge is 0.455 e. The number of aryl methyl sites for hydroxylation is 1. The zero-order chi connectivity index (χ0) is 15.5. The van der Waals surface area contributed by atoms with Gasteiger partial charge >= 0.3 is 0 Å². The van der Waals surface area contributed by atoms with Crippen molar-refractivity contribution in [2.24, 2.45) is 0 Å². The van der Waals surface area contributed by atoms with Crippen LogP contribution in [0.3, 0.4) is 0 Å². The number of benzene rings is 2. The summed E-state index contributed by atoms with van der Waals surface area (Å²) in [6, 6.07) is 18.4. The Balaban J connectivity index is 1.95. The van der Waals surface area contributed by atoms with Gasteiger partial charge in [0, 0.05) is 10.5 Å². The maximum absolute atomic E-state index is 12.7.